The van der Waals surface area contributed by atoms with Crippen LogP contribution in [0.25, 0.3) is 0 Å². The molecule has 0 fully saturated rings. The fourth-order valence-electron chi connectivity index (χ4n) is 1.72. The number of amides is 2. The first-order valence-corrected chi connectivity index (χ1v) is 7.41. The van der Waals surface area contributed by atoms with Gasteiger partial charge in [-0.05, 0) is 17.9 Å². The second-order valence-corrected chi connectivity index (χ2v) is 5.38. The Morgan fingerprint density at radius 2 is 2.15 bits per heavy atom. The first-order chi connectivity index (χ1) is 9.54. The lowest BCUT2D eigenvalue weighted by Crippen LogP contribution is -2.39. The molecule has 20 heavy (non-hydrogen) atoms. The summed E-state index contributed by atoms with van der Waals surface area (Å²) in [4.78, 5) is 23.2. The number of urea groups is 1. The molecule has 1 aromatic rings. The van der Waals surface area contributed by atoms with Crippen molar-refractivity contribution >= 4 is 23.3 Å². The van der Waals surface area contributed by atoms with Crippen LogP contribution in [0.4, 0.5) is 4.79 Å². The third-order valence-electron chi connectivity index (χ3n) is 2.76. The number of carboxylic acid groups (broad SMARTS) is 1. The molecular weight excluding hydrogens is 280 g/mol. The number of hydrogen-bond acceptors (Lipinski definition) is 4. The van der Waals surface area contributed by atoms with E-state index in [1.165, 1.54) is 0 Å². The van der Waals surface area contributed by atoms with E-state index in [0.717, 1.165) is 17.7 Å². The van der Waals surface area contributed by atoms with E-state index in [1.807, 2.05) is 24.4 Å². The Morgan fingerprint density at radius 3 is 2.70 bits per heavy atom. The number of carboxylic acids is 1. The van der Waals surface area contributed by atoms with Crippen LogP contribution in [0.2, 0.25) is 0 Å². The Morgan fingerprint density at radius 1 is 1.40 bits per heavy atom. The fraction of sp³-hybridized carbons (Fsp3) is 0.538. The van der Waals surface area contributed by atoms with Gasteiger partial charge >= 0.3 is 12.0 Å². The zero-order chi connectivity index (χ0) is 15.0. The number of thiophene rings is 1. The number of carbonyl (C=O) groups is 2. The molecule has 7 heteroatoms. The Balaban J connectivity index is 2.37. The number of hydrogen-bond donors (Lipinski definition) is 4. The summed E-state index contributed by atoms with van der Waals surface area (Å²) in [5.41, 5.74) is 0. The Labute approximate surface area is 121 Å². The van der Waals surface area contributed by atoms with Gasteiger partial charge in [-0.3, -0.25) is 0 Å². The second kappa shape index (κ2) is 8.55. The Kier molecular flexibility index (Phi) is 7.03. The molecule has 1 heterocycles. The molecule has 0 bridgehead atoms. The van der Waals surface area contributed by atoms with Gasteiger partial charge in [0, 0.05) is 17.8 Å². The normalized spacial score (nSPS) is 13.5. The van der Waals surface area contributed by atoms with Crippen molar-refractivity contribution in [1.82, 2.24) is 10.6 Å². The van der Waals surface area contributed by atoms with Crippen LogP contribution < -0.4 is 10.6 Å². The van der Waals surface area contributed by atoms with Crippen LogP contribution in [0.1, 0.15) is 37.1 Å². The van der Waals surface area contributed by atoms with Crippen molar-refractivity contribution in [1.29, 1.82) is 0 Å². The van der Waals surface area contributed by atoms with Crippen molar-refractivity contribution in [3.8, 4) is 0 Å². The van der Waals surface area contributed by atoms with Gasteiger partial charge in [0.05, 0.1) is 6.04 Å². The lowest BCUT2D eigenvalue weighted by atomic mass is 10.1. The topological polar surface area (TPSA) is 98.7 Å². The predicted octanol–water partition coefficient (Wildman–Crippen LogP) is 1.72. The van der Waals surface area contributed by atoms with E-state index in [1.54, 1.807) is 11.3 Å². The summed E-state index contributed by atoms with van der Waals surface area (Å²) in [5, 5.41) is 25.0. The summed E-state index contributed by atoms with van der Waals surface area (Å²) < 4.78 is 0. The monoisotopic (exact) mass is 300 g/mol. The molecule has 0 aliphatic rings. The molecule has 6 nitrogen and oxygen atoms in total. The number of nitrogens with one attached hydrogen (secondary N) is 2. The third kappa shape index (κ3) is 5.58. The summed E-state index contributed by atoms with van der Waals surface area (Å²) in [6.45, 7) is 2.16. The molecule has 0 radical (unpaired) electrons. The van der Waals surface area contributed by atoms with Crippen LogP contribution in [-0.4, -0.2) is 34.9 Å². The van der Waals surface area contributed by atoms with Gasteiger partial charge in [0.25, 0.3) is 0 Å². The van der Waals surface area contributed by atoms with Crippen LogP contribution in [0.3, 0.4) is 0 Å². The molecule has 2 atom stereocenters. The molecule has 1 unspecified atom stereocenters. The zero-order valence-corrected chi connectivity index (χ0v) is 12.2. The largest absolute Gasteiger partial charge is 0.479 e. The van der Waals surface area contributed by atoms with E-state index < -0.39 is 12.1 Å². The molecule has 0 spiro atoms. The number of rotatable bonds is 8. The highest BCUT2D eigenvalue weighted by Crippen LogP contribution is 2.22. The molecule has 0 aliphatic heterocycles. The molecule has 1 rings (SSSR count). The molecule has 112 valence electrons. The van der Waals surface area contributed by atoms with Crippen molar-refractivity contribution in [3.05, 3.63) is 22.4 Å². The SMILES string of the molecule is CCCC(NC(=O)NCC[C@H](O)C(=O)O)c1cccs1. The summed E-state index contributed by atoms with van der Waals surface area (Å²) >= 11 is 1.59. The first-order valence-electron chi connectivity index (χ1n) is 6.53. The molecule has 2 amide bonds. The highest BCUT2D eigenvalue weighted by Gasteiger charge is 2.16. The van der Waals surface area contributed by atoms with Crippen molar-refractivity contribution in [2.45, 2.75) is 38.3 Å². The summed E-state index contributed by atoms with van der Waals surface area (Å²) in [6, 6.07) is 3.52. The highest BCUT2D eigenvalue weighted by molar-refractivity contribution is 7.10. The van der Waals surface area contributed by atoms with E-state index in [-0.39, 0.29) is 25.0 Å². The fourth-order valence-corrected chi connectivity index (χ4v) is 2.53. The predicted molar refractivity (Wildman–Crippen MR) is 76.8 cm³/mol. The van der Waals surface area contributed by atoms with Crippen LogP contribution in [0, 0.1) is 0 Å². The molecule has 0 saturated heterocycles. The van der Waals surface area contributed by atoms with Crippen LogP contribution in [0.15, 0.2) is 17.5 Å². The molecule has 0 saturated carbocycles. The van der Waals surface area contributed by atoms with Crippen LogP contribution in [-0.2, 0) is 4.79 Å². The standard InChI is InChI=1S/C13H20N2O4S/c1-2-4-9(11-5-3-8-20-11)15-13(19)14-7-6-10(16)12(17)18/h3,5,8-10,16H,2,4,6-7H2,1H3,(H,17,18)(H2,14,15,19)/t9?,10-/m0/s1. The minimum absolute atomic E-state index is 0.0137. The highest BCUT2D eigenvalue weighted by atomic mass is 32.1. The minimum Gasteiger partial charge on any atom is -0.479 e. The quantitative estimate of drug-likeness (QED) is 0.587. The third-order valence-corrected chi connectivity index (χ3v) is 3.74. The van der Waals surface area contributed by atoms with Gasteiger partial charge in [-0.1, -0.05) is 19.4 Å². The van der Waals surface area contributed by atoms with E-state index >= 15 is 0 Å². The maximum Gasteiger partial charge on any atom is 0.332 e. The first kappa shape index (κ1) is 16.5. The smallest absolute Gasteiger partial charge is 0.332 e. The molecular formula is C13H20N2O4S. The van der Waals surface area contributed by atoms with Gasteiger partial charge in [-0.25, -0.2) is 9.59 Å². The van der Waals surface area contributed by atoms with E-state index in [4.69, 9.17) is 10.2 Å². The summed E-state index contributed by atoms with van der Waals surface area (Å²) in [7, 11) is 0. The van der Waals surface area contributed by atoms with E-state index in [9.17, 15) is 9.59 Å². The van der Waals surface area contributed by atoms with Crippen molar-refractivity contribution in [2.24, 2.45) is 0 Å². The average Bonchev–Trinajstić information content (AvgIpc) is 2.91. The van der Waals surface area contributed by atoms with Crippen molar-refractivity contribution < 1.29 is 19.8 Å². The van der Waals surface area contributed by atoms with Gasteiger partial charge in [0.1, 0.15) is 0 Å². The van der Waals surface area contributed by atoms with Gasteiger partial charge in [0.15, 0.2) is 6.10 Å². The van der Waals surface area contributed by atoms with E-state index in [0.29, 0.717) is 0 Å². The number of aliphatic hydroxyl groups excluding tert-OH is 1. The minimum atomic E-state index is -1.45. The van der Waals surface area contributed by atoms with Gasteiger partial charge in [0.2, 0.25) is 0 Å². The van der Waals surface area contributed by atoms with Crippen LogP contribution >= 0.6 is 11.3 Å². The van der Waals surface area contributed by atoms with Gasteiger partial charge < -0.3 is 20.8 Å². The maximum atomic E-state index is 11.7. The second-order valence-electron chi connectivity index (χ2n) is 4.40. The Hall–Kier alpha value is -1.60. The maximum absolute atomic E-state index is 11.7. The van der Waals surface area contributed by atoms with Gasteiger partial charge in [-0.15, -0.1) is 11.3 Å². The number of aliphatic carboxylic acids is 1. The summed E-state index contributed by atoms with van der Waals surface area (Å²) in [6.07, 6.45) is 0.325. The van der Waals surface area contributed by atoms with Crippen LogP contribution in [0.5, 0.6) is 0 Å². The van der Waals surface area contributed by atoms with Crippen molar-refractivity contribution in [2.75, 3.05) is 6.54 Å². The molecule has 0 aliphatic carbocycles. The lowest BCUT2D eigenvalue weighted by Gasteiger charge is -2.17. The lowest BCUT2D eigenvalue weighted by molar-refractivity contribution is -0.146. The average molecular weight is 300 g/mol. The summed E-state index contributed by atoms with van der Waals surface area (Å²) in [5.74, 6) is -1.28. The number of carbonyl (C=O) groups excluding carboxylic acids is 1. The van der Waals surface area contributed by atoms with Gasteiger partial charge in [-0.2, -0.15) is 0 Å². The van der Waals surface area contributed by atoms with Crippen molar-refractivity contribution in [3.63, 3.8) is 0 Å². The number of aliphatic hydroxyl groups is 1. The zero-order valence-electron chi connectivity index (χ0n) is 11.3. The van der Waals surface area contributed by atoms with E-state index in [2.05, 4.69) is 10.6 Å². The molecule has 4 N–H and O–H groups in total. The molecule has 0 aromatic carbocycles. The molecule has 1 aromatic heterocycles. The Bertz CT molecular complexity index is 422.